The Bertz CT molecular complexity index is 502. The monoisotopic (exact) mass is 230 g/mol. The summed E-state index contributed by atoms with van der Waals surface area (Å²) >= 11 is 0. The molecule has 8 heteroatoms. The van der Waals surface area contributed by atoms with Gasteiger partial charge >= 0.3 is 0 Å². The molecule has 0 atom stereocenters. The lowest BCUT2D eigenvalue weighted by molar-refractivity contribution is 0.864. The molecule has 0 aliphatic heterocycles. The third-order valence-electron chi connectivity index (χ3n) is 1.73. The van der Waals surface area contributed by atoms with E-state index in [1.165, 1.54) is 0 Å². The van der Waals surface area contributed by atoms with E-state index in [9.17, 15) is 0 Å². The summed E-state index contributed by atoms with van der Waals surface area (Å²) in [5, 5.41) is 17.8. The summed E-state index contributed by atoms with van der Waals surface area (Å²) in [6.45, 7) is 0. The van der Waals surface area contributed by atoms with Crippen LogP contribution in [0.2, 0.25) is 0 Å². The Labute approximate surface area is 96.8 Å². The molecule has 0 spiro atoms. The molecule has 0 bridgehead atoms. The third kappa shape index (κ3) is 3.09. The molecule has 0 saturated carbocycles. The molecule has 0 aliphatic rings. The highest BCUT2D eigenvalue weighted by molar-refractivity contribution is 5.77. The number of benzene rings is 1. The highest BCUT2D eigenvalue weighted by Crippen LogP contribution is 2.10. The quantitative estimate of drug-likeness (QED) is 0.496. The Morgan fingerprint density at radius 1 is 1.00 bits per heavy atom. The van der Waals surface area contributed by atoms with Crippen molar-refractivity contribution in [1.29, 1.82) is 0 Å². The molecule has 0 fully saturated rings. The average molecular weight is 230 g/mol. The SMILES string of the molecule is NC(N)=Nc1nnc(Nc2ccccc2)nn1. The summed E-state index contributed by atoms with van der Waals surface area (Å²) < 4.78 is 0. The molecule has 0 saturated heterocycles. The van der Waals surface area contributed by atoms with E-state index in [1.54, 1.807) is 0 Å². The van der Waals surface area contributed by atoms with Crippen LogP contribution in [0.4, 0.5) is 17.6 Å². The van der Waals surface area contributed by atoms with Crippen molar-refractivity contribution in [2.24, 2.45) is 16.5 Å². The topological polar surface area (TPSA) is 128 Å². The largest absolute Gasteiger partial charge is 0.370 e. The molecule has 0 unspecified atom stereocenters. The summed E-state index contributed by atoms with van der Waals surface area (Å²) in [5.41, 5.74) is 11.2. The maximum absolute atomic E-state index is 5.16. The van der Waals surface area contributed by atoms with E-state index in [-0.39, 0.29) is 17.9 Å². The smallest absolute Gasteiger partial charge is 0.291 e. The molecule has 2 rings (SSSR count). The minimum atomic E-state index is -0.141. The molecule has 1 heterocycles. The van der Waals surface area contributed by atoms with Crippen molar-refractivity contribution in [3.8, 4) is 0 Å². The van der Waals surface area contributed by atoms with Gasteiger partial charge in [-0.15, -0.1) is 20.4 Å². The number of aliphatic imine (C=N–C) groups is 1. The van der Waals surface area contributed by atoms with E-state index in [0.717, 1.165) is 5.69 Å². The van der Waals surface area contributed by atoms with Gasteiger partial charge in [0.25, 0.3) is 11.9 Å². The number of aromatic nitrogens is 4. The van der Waals surface area contributed by atoms with E-state index in [4.69, 9.17) is 11.5 Å². The lowest BCUT2D eigenvalue weighted by Gasteiger charge is -2.01. The predicted molar refractivity (Wildman–Crippen MR) is 62.8 cm³/mol. The van der Waals surface area contributed by atoms with Crippen LogP contribution in [0, 0.1) is 0 Å². The molecule has 1 aromatic heterocycles. The van der Waals surface area contributed by atoms with E-state index in [2.05, 4.69) is 30.7 Å². The zero-order chi connectivity index (χ0) is 12.1. The second-order valence-electron chi connectivity index (χ2n) is 3.05. The normalized spacial score (nSPS) is 9.65. The van der Waals surface area contributed by atoms with Gasteiger partial charge in [0.1, 0.15) is 0 Å². The fourth-order valence-electron chi connectivity index (χ4n) is 1.08. The van der Waals surface area contributed by atoms with Gasteiger partial charge in [-0.2, -0.15) is 4.99 Å². The third-order valence-corrected chi connectivity index (χ3v) is 1.73. The van der Waals surface area contributed by atoms with Crippen LogP contribution in [0.1, 0.15) is 0 Å². The van der Waals surface area contributed by atoms with Crippen LogP contribution in [0.15, 0.2) is 35.3 Å². The van der Waals surface area contributed by atoms with Crippen molar-refractivity contribution in [3.63, 3.8) is 0 Å². The Morgan fingerprint density at radius 2 is 1.65 bits per heavy atom. The van der Waals surface area contributed by atoms with Crippen LogP contribution in [0.3, 0.4) is 0 Å². The van der Waals surface area contributed by atoms with Crippen molar-refractivity contribution in [3.05, 3.63) is 30.3 Å². The molecule has 0 aliphatic carbocycles. The molecular weight excluding hydrogens is 220 g/mol. The summed E-state index contributed by atoms with van der Waals surface area (Å²) in [4.78, 5) is 3.60. The Morgan fingerprint density at radius 3 is 2.24 bits per heavy atom. The number of nitrogens with zero attached hydrogens (tertiary/aromatic N) is 5. The first kappa shape index (κ1) is 10.7. The van der Waals surface area contributed by atoms with Crippen LogP contribution in [0.5, 0.6) is 0 Å². The molecule has 1 aromatic carbocycles. The second kappa shape index (κ2) is 4.84. The molecule has 0 radical (unpaired) electrons. The van der Waals surface area contributed by atoms with Gasteiger partial charge in [-0.05, 0) is 12.1 Å². The predicted octanol–water partition coefficient (Wildman–Crippen LogP) is -0.0849. The van der Waals surface area contributed by atoms with E-state index < -0.39 is 0 Å². The van der Waals surface area contributed by atoms with Gasteiger partial charge in [0, 0.05) is 5.69 Å². The van der Waals surface area contributed by atoms with Crippen LogP contribution in [-0.2, 0) is 0 Å². The van der Waals surface area contributed by atoms with Crippen molar-refractivity contribution >= 4 is 23.5 Å². The van der Waals surface area contributed by atoms with Gasteiger partial charge in [0.15, 0.2) is 5.96 Å². The molecule has 0 amide bonds. The number of guanidine groups is 1. The maximum atomic E-state index is 5.16. The molecular formula is C9H10N8. The van der Waals surface area contributed by atoms with E-state index in [1.807, 2.05) is 30.3 Å². The first-order valence-electron chi connectivity index (χ1n) is 4.73. The zero-order valence-corrected chi connectivity index (χ0v) is 8.78. The Balaban J connectivity index is 2.11. The Hall–Kier alpha value is -2.77. The Kier molecular flexibility index (Phi) is 3.05. The summed E-state index contributed by atoms with van der Waals surface area (Å²) in [5.74, 6) is 0.145. The lowest BCUT2D eigenvalue weighted by Crippen LogP contribution is -2.22. The van der Waals surface area contributed by atoms with Crippen LogP contribution < -0.4 is 16.8 Å². The highest BCUT2D eigenvalue weighted by atomic mass is 15.4. The van der Waals surface area contributed by atoms with Crippen molar-refractivity contribution in [2.45, 2.75) is 0 Å². The minimum Gasteiger partial charge on any atom is -0.370 e. The van der Waals surface area contributed by atoms with E-state index in [0.29, 0.717) is 0 Å². The van der Waals surface area contributed by atoms with Gasteiger partial charge in [0.2, 0.25) is 0 Å². The number of nitrogens with two attached hydrogens (primary N) is 2. The summed E-state index contributed by atoms with van der Waals surface area (Å²) in [6, 6.07) is 9.42. The zero-order valence-electron chi connectivity index (χ0n) is 8.78. The highest BCUT2D eigenvalue weighted by Gasteiger charge is 2.00. The van der Waals surface area contributed by atoms with Crippen molar-refractivity contribution in [2.75, 3.05) is 5.32 Å². The number of hydrogen-bond acceptors (Lipinski definition) is 6. The molecule has 5 N–H and O–H groups in total. The lowest BCUT2D eigenvalue weighted by atomic mass is 10.3. The fourth-order valence-corrected chi connectivity index (χ4v) is 1.08. The van der Waals surface area contributed by atoms with Crippen molar-refractivity contribution < 1.29 is 0 Å². The van der Waals surface area contributed by atoms with Gasteiger partial charge in [0.05, 0.1) is 0 Å². The minimum absolute atomic E-state index is 0.0172. The number of rotatable bonds is 3. The van der Waals surface area contributed by atoms with Gasteiger partial charge < -0.3 is 16.8 Å². The maximum Gasteiger partial charge on any atom is 0.291 e. The van der Waals surface area contributed by atoms with Gasteiger partial charge in [-0.3, -0.25) is 0 Å². The van der Waals surface area contributed by atoms with Crippen LogP contribution in [-0.4, -0.2) is 26.4 Å². The number of nitrogens with one attached hydrogen (secondary N) is 1. The fraction of sp³-hybridized carbons (Fsp3) is 0. The van der Waals surface area contributed by atoms with Gasteiger partial charge in [-0.1, -0.05) is 18.2 Å². The molecule has 2 aromatic rings. The first-order valence-corrected chi connectivity index (χ1v) is 4.73. The summed E-state index contributed by atoms with van der Waals surface area (Å²) in [7, 11) is 0. The molecule has 17 heavy (non-hydrogen) atoms. The van der Waals surface area contributed by atoms with Crippen molar-refractivity contribution in [1.82, 2.24) is 20.4 Å². The summed E-state index contributed by atoms with van der Waals surface area (Å²) in [6.07, 6.45) is 0. The standard InChI is InChI=1S/C9H10N8/c10-7(11)13-9-16-14-8(15-17-9)12-6-4-2-1-3-5-6/h1-5H,(H,12,14,15)(H4,10,11,13,16,17). The molecule has 8 nitrogen and oxygen atoms in total. The first-order chi connectivity index (χ1) is 8.24. The van der Waals surface area contributed by atoms with Crippen LogP contribution >= 0.6 is 0 Å². The second-order valence-corrected chi connectivity index (χ2v) is 3.05. The number of hydrogen-bond donors (Lipinski definition) is 3. The van der Waals surface area contributed by atoms with Gasteiger partial charge in [-0.25, -0.2) is 0 Å². The number of para-hydroxylation sites is 1. The van der Waals surface area contributed by atoms with E-state index >= 15 is 0 Å². The van der Waals surface area contributed by atoms with Crippen LogP contribution in [0.25, 0.3) is 0 Å². The number of anilines is 2. The molecule has 86 valence electrons. The average Bonchev–Trinajstić information content (AvgIpc) is 2.32.